The SMILES string of the molecule is COc1ccc(S(=O)(=O)NCc2cccc(NC(C)=O)c2)cc1. The van der Waals surface area contributed by atoms with Crippen LogP contribution in [0.4, 0.5) is 5.69 Å². The summed E-state index contributed by atoms with van der Waals surface area (Å²) in [6.45, 7) is 1.54. The summed E-state index contributed by atoms with van der Waals surface area (Å²) in [5.41, 5.74) is 1.37. The lowest BCUT2D eigenvalue weighted by molar-refractivity contribution is -0.114. The van der Waals surface area contributed by atoms with Gasteiger partial charge in [-0.25, -0.2) is 13.1 Å². The molecular weight excluding hydrogens is 316 g/mol. The molecule has 0 fully saturated rings. The first kappa shape index (κ1) is 17.0. The van der Waals surface area contributed by atoms with Gasteiger partial charge < -0.3 is 10.1 Å². The summed E-state index contributed by atoms with van der Waals surface area (Å²) in [6, 6.07) is 13.1. The highest BCUT2D eigenvalue weighted by Crippen LogP contribution is 2.16. The first-order chi connectivity index (χ1) is 10.9. The van der Waals surface area contributed by atoms with E-state index < -0.39 is 10.0 Å². The van der Waals surface area contributed by atoms with Crippen molar-refractivity contribution in [2.45, 2.75) is 18.4 Å². The van der Waals surface area contributed by atoms with Crippen molar-refractivity contribution in [2.24, 2.45) is 0 Å². The van der Waals surface area contributed by atoms with Crippen LogP contribution in [0.1, 0.15) is 12.5 Å². The molecule has 0 aliphatic rings. The summed E-state index contributed by atoms with van der Waals surface area (Å²) >= 11 is 0. The summed E-state index contributed by atoms with van der Waals surface area (Å²) in [5, 5.41) is 2.66. The van der Waals surface area contributed by atoms with E-state index in [0.29, 0.717) is 11.4 Å². The van der Waals surface area contributed by atoms with Crippen molar-refractivity contribution >= 4 is 21.6 Å². The second kappa shape index (κ2) is 7.26. The Morgan fingerprint density at radius 3 is 2.43 bits per heavy atom. The van der Waals surface area contributed by atoms with Gasteiger partial charge in [0, 0.05) is 19.2 Å². The summed E-state index contributed by atoms with van der Waals surface area (Å²) in [6.07, 6.45) is 0. The maximum Gasteiger partial charge on any atom is 0.240 e. The number of hydrogen-bond acceptors (Lipinski definition) is 4. The van der Waals surface area contributed by atoms with Crippen LogP contribution in [0.5, 0.6) is 5.75 Å². The maximum atomic E-state index is 12.2. The van der Waals surface area contributed by atoms with Gasteiger partial charge in [-0.2, -0.15) is 0 Å². The van der Waals surface area contributed by atoms with Crippen LogP contribution in [0.3, 0.4) is 0 Å². The zero-order valence-corrected chi connectivity index (χ0v) is 13.7. The average molecular weight is 334 g/mol. The molecule has 0 aromatic heterocycles. The number of rotatable bonds is 6. The molecule has 122 valence electrons. The van der Waals surface area contributed by atoms with E-state index >= 15 is 0 Å². The molecule has 0 radical (unpaired) electrons. The van der Waals surface area contributed by atoms with Gasteiger partial charge in [0.15, 0.2) is 0 Å². The Kier molecular flexibility index (Phi) is 5.36. The lowest BCUT2D eigenvalue weighted by atomic mass is 10.2. The molecule has 0 saturated carbocycles. The van der Waals surface area contributed by atoms with Crippen LogP contribution in [0.25, 0.3) is 0 Å². The number of nitrogens with one attached hydrogen (secondary N) is 2. The minimum atomic E-state index is -3.61. The molecule has 23 heavy (non-hydrogen) atoms. The van der Waals surface area contributed by atoms with Crippen molar-refractivity contribution in [3.8, 4) is 5.75 Å². The van der Waals surface area contributed by atoms with Gasteiger partial charge >= 0.3 is 0 Å². The fourth-order valence-corrected chi connectivity index (χ4v) is 3.00. The molecule has 0 saturated heterocycles. The second-order valence-corrected chi connectivity index (χ2v) is 6.65. The third-order valence-electron chi connectivity index (χ3n) is 3.08. The Balaban J connectivity index is 2.08. The molecule has 0 spiro atoms. The van der Waals surface area contributed by atoms with E-state index in [0.717, 1.165) is 5.56 Å². The molecule has 2 rings (SSSR count). The summed E-state index contributed by atoms with van der Waals surface area (Å²) in [7, 11) is -2.09. The predicted octanol–water partition coefficient (Wildman–Crippen LogP) is 2.13. The minimum Gasteiger partial charge on any atom is -0.497 e. The van der Waals surface area contributed by atoms with E-state index in [9.17, 15) is 13.2 Å². The number of sulfonamides is 1. The Morgan fingerprint density at radius 1 is 1.13 bits per heavy atom. The standard InChI is InChI=1S/C16H18N2O4S/c1-12(19)18-14-5-3-4-13(10-14)11-17-23(20,21)16-8-6-15(22-2)7-9-16/h3-10,17H,11H2,1-2H3,(H,18,19). The maximum absolute atomic E-state index is 12.2. The van der Waals surface area contributed by atoms with E-state index in [-0.39, 0.29) is 17.3 Å². The molecule has 7 heteroatoms. The van der Waals surface area contributed by atoms with Crippen LogP contribution >= 0.6 is 0 Å². The highest BCUT2D eigenvalue weighted by molar-refractivity contribution is 7.89. The smallest absolute Gasteiger partial charge is 0.240 e. The molecule has 2 aromatic carbocycles. The number of ether oxygens (including phenoxy) is 1. The zero-order valence-electron chi connectivity index (χ0n) is 12.9. The topological polar surface area (TPSA) is 84.5 Å². The van der Waals surface area contributed by atoms with E-state index in [1.165, 1.54) is 26.2 Å². The van der Waals surface area contributed by atoms with E-state index in [1.54, 1.807) is 36.4 Å². The quantitative estimate of drug-likeness (QED) is 0.847. The van der Waals surface area contributed by atoms with Gasteiger partial charge in [0.1, 0.15) is 5.75 Å². The van der Waals surface area contributed by atoms with Crippen LogP contribution in [-0.4, -0.2) is 21.4 Å². The van der Waals surface area contributed by atoms with Crippen molar-refractivity contribution in [3.05, 3.63) is 54.1 Å². The molecule has 0 heterocycles. The van der Waals surface area contributed by atoms with Crippen molar-refractivity contribution in [3.63, 3.8) is 0 Å². The number of carbonyl (C=O) groups is 1. The van der Waals surface area contributed by atoms with Crippen LogP contribution < -0.4 is 14.8 Å². The van der Waals surface area contributed by atoms with Crippen molar-refractivity contribution < 1.29 is 17.9 Å². The highest BCUT2D eigenvalue weighted by atomic mass is 32.2. The average Bonchev–Trinajstić information content (AvgIpc) is 2.53. The van der Waals surface area contributed by atoms with Crippen LogP contribution in [0, 0.1) is 0 Å². The first-order valence-corrected chi connectivity index (χ1v) is 8.39. The van der Waals surface area contributed by atoms with Gasteiger partial charge in [-0.15, -0.1) is 0 Å². The molecule has 0 aliphatic carbocycles. The molecule has 0 aliphatic heterocycles. The third-order valence-corrected chi connectivity index (χ3v) is 4.50. The van der Waals surface area contributed by atoms with Gasteiger partial charge in [-0.05, 0) is 42.0 Å². The predicted molar refractivity (Wildman–Crippen MR) is 87.8 cm³/mol. The molecule has 1 amide bonds. The molecule has 2 N–H and O–H groups in total. The van der Waals surface area contributed by atoms with Gasteiger partial charge in [-0.1, -0.05) is 12.1 Å². The van der Waals surface area contributed by atoms with Crippen molar-refractivity contribution in [1.82, 2.24) is 4.72 Å². The molecule has 2 aromatic rings. The largest absolute Gasteiger partial charge is 0.497 e. The number of amides is 1. The van der Waals surface area contributed by atoms with E-state index in [2.05, 4.69) is 10.0 Å². The van der Waals surface area contributed by atoms with Gasteiger partial charge in [0.25, 0.3) is 0 Å². The molecule has 6 nitrogen and oxygen atoms in total. The highest BCUT2D eigenvalue weighted by Gasteiger charge is 2.13. The number of methoxy groups -OCH3 is 1. The van der Waals surface area contributed by atoms with Gasteiger partial charge in [0.05, 0.1) is 12.0 Å². The molecule has 0 atom stereocenters. The Labute approximate surface area is 135 Å². The Morgan fingerprint density at radius 2 is 1.83 bits per heavy atom. The lowest BCUT2D eigenvalue weighted by Crippen LogP contribution is -2.23. The lowest BCUT2D eigenvalue weighted by Gasteiger charge is -2.09. The van der Waals surface area contributed by atoms with Crippen LogP contribution in [-0.2, 0) is 21.4 Å². The zero-order chi connectivity index (χ0) is 16.9. The van der Waals surface area contributed by atoms with Crippen molar-refractivity contribution in [1.29, 1.82) is 0 Å². The Bertz CT molecular complexity index is 786. The van der Waals surface area contributed by atoms with E-state index in [4.69, 9.17) is 4.74 Å². The molecule has 0 unspecified atom stereocenters. The van der Waals surface area contributed by atoms with Crippen molar-refractivity contribution in [2.75, 3.05) is 12.4 Å². The number of carbonyl (C=O) groups excluding carboxylic acids is 1. The molecule has 0 bridgehead atoms. The normalized spacial score (nSPS) is 11.0. The number of benzene rings is 2. The monoisotopic (exact) mass is 334 g/mol. The van der Waals surface area contributed by atoms with E-state index in [1.807, 2.05) is 0 Å². The second-order valence-electron chi connectivity index (χ2n) is 4.88. The first-order valence-electron chi connectivity index (χ1n) is 6.91. The van der Waals surface area contributed by atoms with Crippen LogP contribution in [0.2, 0.25) is 0 Å². The van der Waals surface area contributed by atoms with Crippen LogP contribution in [0.15, 0.2) is 53.4 Å². The summed E-state index contributed by atoms with van der Waals surface area (Å²) in [5.74, 6) is 0.410. The van der Waals surface area contributed by atoms with Gasteiger partial charge in [0.2, 0.25) is 15.9 Å². The van der Waals surface area contributed by atoms with Gasteiger partial charge in [-0.3, -0.25) is 4.79 Å². The fourth-order valence-electron chi connectivity index (χ4n) is 1.98. The third kappa shape index (κ3) is 4.80. The minimum absolute atomic E-state index is 0.127. The fraction of sp³-hybridized carbons (Fsp3) is 0.188. The summed E-state index contributed by atoms with van der Waals surface area (Å²) in [4.78, 5) is 11.2. The number of anilines is 1. The molecular formula is C16H18N2O4S. The Hall–Kier alpha value is -2.38. The summed E-state index contributed by atoms with van der Waals surface area (Å²) < 4.78 is 32.0. The number of hydrogen-bond donors (Lipinski definition) is 2.